The lowest BCUT2D eigenvalue weighted by molar-refractivity contribution is 0.0179. The van der Waals surface area contributed by atoms with Crippen LogP contribution in [0, 0.1) is 11.6 Å². The van der Waals surface area contributed by atoms with Gasteiger partial charge in [-0.15, -0.1) is 0 Å². The Bertz CT molecular complexity index is 1670. The Morgan fingerprint density at radius 2 is 1.50 bits per heavy atom. The number of benzene rings is 3. The van der Waals surface area contributed by atoms with Gasteiger partial charge in [-0.25, -0.2) is 18.4 Å². The van der Waals surface area contributed by atoms with Crippen LogP contribution in [0.3, 0.4) is 0 Å². The van der Waals surface area contributed by atoms with Gasteiger partial charge in [-0.1, -0.05) is 26.0 Å². The first-order valence-corrected chi connectivity index (χ1v) is 16.0. The normalized spacial score (nSPS) is 15.9. The molecule has 12 nitrogen and oxygen atoms in total. The third kappa shape index (κ3) is 9.12. The molecule has 1 aliphatic heterocycles. The molecule has 1 saturated heterocycles. The Hall–Kier alpha value is -5.08. The summed E-state index contributed by atoms with van der Waals surface area (Å²) in [7, 11) is 2.82. The van der Waals surface area contributed by atoms with E-state index >= 15 is 0 Å². The molecule has 1 fully saturated rings. The molecule has 1 aliphatic rings. The van der Waals surface area contributed by atoms with E-state index in [1.165, 1.54) is 38.5 Å². The average Bonchev–Trinajstić information content (AvgIpc) is 3.30. The molecule has 4 rings (SSSR count). The number of nitrogens with zero attached hydrogens (tertiary/aromatic N) is 1. The molecule has 0 unspecified atom stereocenters. The van der Waals surface area contributed by atoms with Crippen LogP contribution < -0.4 is 14.8 Å². The van der Waals surface area contributed by atoms with E-state index in [1.807, 2.05) is 13.8 Å². The summed E-state index contributed by atoms with van der Waals surface area (Å²) in [5, 5.41) is 12.6. The Balaban J connectivity index is 1.55. The maximum absolute atomic E-state index is 14.7. The number of carbonyl (C=O) groups excluding carboxylic acids is 3. The Morgan fingerprint density at radius 1 is 0.880 bits per heavy atom. The number of aryl methyl sites for hydroxylation is 2. The van der Waals surface area contributed by atoms with Gasteiger partial charge in [0, 0.05) is 50.6 Å². The highest BCUT2D eigenvalue weighted by molar-refractivity contribution is 6.11. The molecule has 3 aromatic rings. The minimum atomic E-state index is -1.17. The van der Waals surface area contributed by atoms with Crippen LogP contribution in [0.25, 0.3) is 0 Å². The molecule has 14 heteroatoms. The summed E-state index contributed by atoms with van der Waals surface area (Å²) >= 11 is 0. The molecule has 3 aromatic carbocycles. The van der Waals surface area contributed by atoms with Crippen molar-refractivity contribution in [2.45, 2.75) is 51.7 Å². The van der Waals surface area contributed by atoms with E-state index in [4.69, 9.17) is 23.7 Å². The van der Waals surface area contributed by atoms with Gasteiger partial charge in [-0.05, 0) is 61.1 Å². The molecule has 0 radical (unpaired) electrons. The molecule has 268 valence electrons. The predicted molar refractivity (Wildman–Crippen MR) is 176 cm³/mol. The second kappa shape index (κ2) is 17.5. The average molecular weight is 699 g/mol. The van der Waals surface area contributed by atoms with E-state index in [1.54, 1.807) is 12.1 Å². The van der Waals surface area contributed by atoms with Crippen LogP contribution in [0.15, 0.2) is 48.5 Å². The van der Waals surface area contributed by atoms with E-state index in [9.17, 15) is 33.1 Å². The summed E-state index contributed by atoms with van der Waals surface area (Å²) in [5.74, 6) is -3.85. The lowest BCUT2D eigenvalue weighted by Gasteiger charge is -2.28. The highest BCUT2D eigenvalue weighted by Crippen LogP contribution is 2.29. The molecular weight excluding hydrogens is 658 g/mol. The number of hydrogen-bond acceptors (Lipinski definition) is 9. The first-order valence-electron chi connectivity index (χ1n) is 16.0. The van der Waals surface area contributed by atoms with Gasteiger partial charge < -0.3 is 39.0 Å². The fourth-order valence-corrected chi connectivity index (χ4v) is 5.66. The number of nitrogens with one attached hydrogen (secondary N) is 1. The third-order valence-corrected chi connectivity index (χ3v) is 8.18. The quantitative estimate of drug-likeness (QED) is 0.128. The lowest BCUT2D eigenvalue weighted by atomic mass is 9.99. The molecule has 0 aliphatic carbocycles. The molecule has 50 heavy (non-hydrogen) atoms. The fraction of sp³-hybridized carbons (Fsp3) is 0.389. The van der Waals surface area contributed by atoms with Crippen molar-refractivity contribution >= 4 is 23.8 Å². The van der Waals surface area contributed by atoms with Gasteiger partial charge in [-0.2, -0.15) is 0 Å². The van der Waals surface area contributed by atoms with Gasteiger partial charge in [0.05, 0.1) is 11.6 Å². The number of carboxylic acid groups (broad SMARTS) is 1. The van der Waals surface area contributed by atoms with Crippen molar-refractivity contribution in [3.8, 4) is 11.5 Å². The molecule has 0 bridgehead atoms. The number of esters is 1. The summed E-state index contributed by atoms with van der Waals surface area (Å²) in [5.41, 5.74) is 1.47. The van der Waals surface area contributed by atoms with Crippen LogP contribution in [-0.2, 0) is 27.1 Å². The first-order chi connectivity index (χ1) is 24.0. The van der Waals surface area contributed by atoms with E-state index in [0.29, 0.717) is 36.6 Å². The van der Waals surface area contributed by atoms with E-state index in [-0.39, 0.29) is 50.0 Å². The number of halogens is 2. The summed E-state index contributed by atoms with van der Waals surface area (Å²) < 4.78 is 55.2. The smallest absolute Gasteiger partial charge is 0.407 e. The fourth-order valence-electron chi connectivity index (χ4n) is 5.66. The van der Waals surface area contributed by atoms with E-state index < -0.39 is 53.1 Å². The minimum absolute atomic E-state index is 0.0115. The molecule has 0 aromatic heterocycles. The first kappa shape index (κ1) is 37.7. The molecule has 2 N–H and O–H groups in total. The topological polar surface area (TPSA) is 150 Å². The minimum Gasteiger partial charge on any atom is -0.467 e. The summed E-state index contributed by atoms with van der Waals surface area (Å²) in [6.07, 6.45) is -0.287. The Morgan fingerprint density at radius 3 is 2.10 bits per heavy atom. The van der Waals surface area contributed by atoms with Crippen molar-refractivity contribution in [3.63, 3.8) is 0 Å². The van der Waals surface area contributed by atoms with Gasteiger partial charge in [0.1, 0.15) is 34.8 Å². The molecule has 0 saturated carbocycles. The lowest BCUT2D eigenvalue weighted by Crippen LogP contribution is -2.51. The Kier molecular flexibility index (Phi) is 13.2. The van der Waals surface area contributed by atoms with Crippen molar-refractivity contribution in [3.05, 3.63) is 93.5 Å². The number of methoxy groups -OCH3 is 2. The standard InChI is InChI=1S/C36H40F2N2O10/c1-5-21-14-25(15-22(6-2)33(21)49-20-47-4)34(42)39-28-18-40(36(44)45)13-7-8-29(28)50-35(43)24-11-9-23(10-12-24)32(41)31-27(38)16-26(37)17-30(31)48-19-46-3/h9-12,14-17,28-29H,5-8,13,18-20H2,1-4H3,(H,39,42)(H,44,45)/t28-,29-/m1/s1. The number of likely N-dealkylation sites (tertiary alicyclic amines) is 1. The molecule has 2 amide bonds. The zero-order valence-corrected chi connectivity index (χ0v) is 28.3. The zero-order chi connectivity index (χ0) is 36.4. The number of rotatable bonds is 14. The molecule has 1 heterocycles. The maximum Gasteiger partial charge on any atom is 0.407 e. The third-order valence-electron chi connectivity index (χ3n) is 8.18. The van der Waals surface area contributed by atoms with Crippen LogP contribution in [0.4, 0.5) is 13.6 Å². The summed E-state index contributed by atoms with van der Waals surface area (Å²) in [6, 6.07) is 9.15. The second-order valence-electron chi connectivity index (χ2n) is 11.5. The highest BCUT2D eigenvalue weighted by Gasteiger charge is 2.34. The number of ether oxygens (including phenoxy) is 5. The number of ketones is 1. The number of carbonyl (C=O) groups is 4. The van der Waals surface area contributed by atoms with Crippen molar-refractivity contribution in [2.75, 3.05) is 40.9 Å². The van der Waals surface area contributed by atoms with Crippen molar-refractivity contribution in [1.29, 1.82) is 0 Å². The van der Waals surface area contributed by atoms with Gasteiger partial charge in [0.25, 0.3) is 5.91 Å². The zero-order valence-electron chi connectivity index (χ0n) is 28.3. The van der Waals surface area contributed by atoms with Gasteiger partial charge in [0.15, 0.2) is 19.4 Å². The van der Waals surface area contributed by atoms with Gasteiger partial charge in [0.2, 0.25) is 0 Å². The van der Waals surface area contributed by atoms with Crippen molar-refractivity contribution in [1.82, 2.24) is 10.2 Å². The van der Waals surface area contributed by atoms with Crippen LogP contribution in [0.5, 0.6) is 11.5 Å². The van der Waals surface area contributed by atoms with Crippen LogP contribution >= 0.6 is 0 Å². The molecule has 2 atom stereocenters. The summed E-state index contributed by atoms with van der Waals surface area (Å²) in [6.45, 7) is 3.60. The van der Waals surface area contributed by atoms with Crippen molar-refractivity contribution in [2.24, 2.45) is 0 Å². The van der Waals surface area contributed by atoms with E-state index in [0.717, 1.165) is 22.1 Å². The predicted octanol–water partition coefficient (Wildman–Crippen LogP) is 5.38. The number of amides is 2. The maximum atomic E-state index is 14.7. The molecular formula is C36H40F2N2O10. The van der Waals surface area contributed by atoms with Crippen LogP contribution in [0.2, 0.25) is 0 Å². The van der Waals surface area contributed by atoms with E-state index in [2.05, 4.69) is 5.32 Å². The van der Waals surface area contributed by atoms with Crippen LogP contribution in [0.1, 0.15) is 74.5 Å². The van der Waals surface area contributed by atoms with Crippen molar-refractivity contribution < 1.29 is 56.7 Å². The van der Waals surface area contributed by atoms with Gasteiger partial charge in [-0.3, -0.25) is 9.59 Å². The second-order valence-corrected chi connectivity index (χ2v) is 11.5. The SMILES string of the molecule is CCc1cc(C(=O)N[C@@H]2CN(C(=O)O)CCC[C@H]2OC(=O)c2ccc(C(=O)c3c(F)cc(F)cc3OCOC)cc2)cc(CC)c1OCOC. The highest BCUT2D eigenvalue weighted by atomic mass is 19.1. The molecule has 0 spiro atoms. The number of hydrogen-bond donors (Lipinski definition) is 2. The Labute approximate surface area is 288 Å². The largest absolute Gasteiger partial charge is 0.467 e. The van der Waals surface area contributed by atoms with Crippen LogP contribution in [-0.4, -0.2) is 86.8 Å². The van der Waals surface area contributed by atoms with Gasteiger partial charge >= 0.3 is 12.1 Å². The monoisotopic (exact) mass is 698 g/mol. The summed E-state index contributed by atoms with van der Waals surface area (Å²) in [4.78, 5) is 53.3.